The van der Waals surface area contributed by atoms with Crippen LogP contribution < -0.4 is 0 Å². The highest BCUT2D eigenvalue weighted by Crippen LogP contribution is 2.34. The lowest BCUT2D eigenvalue weighted by molar-refractivity contribution is -0.129. The molecule has 2 atom stereocenters. The predicted octanol–water partition coefficient (Wildman–Crippen LogP) is 3.31. The minimum absolute atomic E-state index is 0.205. The largest absolute Gasteiger partial charge is 0.373 e. The van der Waals surface area contributed by atoms with Gasteiger partial charge < -0.3 is 9.64 Å². The number of likely N-dealkylation sites (tertiary alicyclic amines) is 1. The molecule has 5 nitrogen and oxygen atoms in total. The van der Waals surface area contributed by atoms with Crippen LogP contribution in [-0.2, 0) is 9.53 Å². The monoisotopic (exact) mass is 343 g/mol. The second-order valence-corrected chi connectivity index (χ2v) is 6.93. The Bertz CT molecular complexity index is 739. The van der Waals surface area contributed by atoms with Crippen molar-refractivity contribution in [3.63, 3.8) is 0 Å². The average molecular weight is 343 g/mol. The average Bonchev–Trinajstić information content (AvgIpc) is 3.28. The SMILES string of the molecule is O=C1CCCN1C[C@@H]1CC[C@@H](c2ccc(-c3cn[nH]c3)cc2F)OC1. The van der Waals surface area contributed by atoms with Gasteiger partial charge in [0.25, 0.3) is 0 Å². The maximum absolute atomic E-state index is 14.5. The summed E-state index contributed by atoms with van der Waals surface area (Å²) in [7, 11) is 0. The molecule has 0 saturated carbocycles. The zero-order chi connectivity index (χ0) is 17.2. The Morgan fingerprint density at radius 1 is 1.32 bits per heavy atom. The number of hydrogen-bond acceptors (Lipinski definition) is 3. The third-order valence-electron chi connectivity index (χ3n) is 5.20. The number of benzene rings is 1. The maximum Gasteiger partial charge on any atom is 0.222 e. The van der Waals surface area contributed by atoms with Crippen LogP contribution in [0.15, 0.2) is 30.6 Å². The Morgan fingerprint density at radius 2 is 2.24 bits per heavy atom. The normalized spacial score (nSPS) is 24.0. The molecule has 25 heavy (non-hydrogen) atoms. The number of H-pyrrole nitrogens is 1. The van der Waals surface area contributed by atoms with Gasteiger partial charge in [-0.2, -0.15) is 5.10 Å². The number of rotatable bonds is 4. The topological polar surface area (TPSA) is 58.2 Å². The number of amides is 1. The minimum Gasteiger partial charge on any atom is -0.373 e. The molecule has 1 amide bonds. The number of carbonyl (C=O) groups excluding carboxylic acids is 1. The quantitative estimate of drug-likeness (QED) is 0.927. The van der Waals surface area contributed by atoms with Crippen LogP contribution in [0.4, 0.5) is 4.39 Å². The summed E-state index contributed by atoms with van der Waals surface area (Å²) in [6, 6.07) is 5.26. The number of aromatic amines is 1. The van der Waals surface area contributed by atoms with Crippen LogP contribution in [-0.4, -0.2) is 40.7 Å². The summed E-state index contributed by atoms with van der Waals surface area (Å²) in [6.45, 7) is 2.22. The zero-order valence-corrected chi connectivity index (χ0v) is 14.1. The first-order valence-corrected chi connectivity index (χ1v) is 8.88. The highest BCUT2D eigenvalue weighted by Gasteiger charge is 2.29. The Balaban J connectivity index is 1.38. The molecule has 4 rings (SSSR count). The van der Waals surface area contributed by atoms with Crippen molar-refractivity contribution in [2.45, 2.75) is 31.8 Å². The van der Waals surface area contributed by atoms with E-state index in [0.717, 1.165) is 43.5 Å². The number of carbonyl (C=O) groups is 1. The van der Waals surface area contributed by atoms with E-state index in [1.165, 1.54) is 0 Å². The Hall–Kier alpha value is -2.21. The molecular weight excluding hydrogens is 321 g/mol. The molecule has 2 saturated heterocycles. The van der Waals surface area contributed by atoms with Gasteiger partial charge in [0.15, 0.2) is 0 Å². The van der Waals surface area contributed by atoms with Crippen LogP contribution in [0.2, 0.25) is 0 Å². The first-order valence-electron chi connectivity index (χ1n) is 8.88. The van der Waals surface area contributed by atoms with Gasteiger partial charge in [-0.1, -0.05) is 12.1 Å². The minimum atomic E-state index is -0.239. The first-order chi connectivity index (χ1) is 12.2. The summed E-state index contributed by atoms with van der Waals surface area (Å²) in [5.41, 5.74) is 2.28. The van der Waals surface area contributed by atoms with E-state index in [2.05, 4.69) is 10.2 Å². The second-order valence-electron chi connectivity index (χ2n) is 6.93. The standard InChI is InChI=1S/C19H22FN3O2/c20-17-8-14(15-9-21-22-10-15)4-5-16(17)18-6-3-13(12-25-18)11-23-7-1-2-19(23)24/h4-5,8-10,13,18H,1-3,6-7,11-12H2,(H,21,22)/t13-,18-/m0/s1. The molecule has 0 radical (unpaired) electrons. The Labute approximate surface area is 146 Å². The van der Waals surface area contributed by atoms with E-state index in [0.29, 0.717) is 24.5 Å². The third-order valence-corrected chi connectivity index (χ3v) is 5.20. The third kappa shape index (κ3) is 3.44. The van der Waals surface area contributed by atoms with Crippen LogP contribution in [0.5, 0.6) is 0 Å². The molecule has 0 spiro atoms. The maximum atomic E-state index is 14.5. The molecule has 2 fully saturated rings. The van der Waals surface area contributed by atoms with Crippen molar-refractivity contribution in [1.82, 2.24) is 15.1 Å². The van der Waals surface area contributed by atoms with Gasteiger partial charge in [-0.15, -0.1) is 0 Å². The molecule has 1 N–H and O–H groups in total. The summed E-state index contributed by atoms with van der Waals surface area (Å²) in [4.78, 5) is 13.7. The second kappa shape index (κ2) is 6.96. The van der Waals surface area contributed by atoms with Crippen LogP contribution >= 0.6 is 0 Å². The summed E-state index contributed by atoms with van der Waals surface area (Å²) in [6.07, 6.45) is 6.59. The zero-order valence-electron chi connectivity index (χ0n) is 14.1. The lowest BCUT2D eigenvalue weighted by atomic mass is 9.93. The van der Waals surface area contributed by atoms with Crippen molar-refractivity contribution in [1.29, 1.82) is 0 Å². The lowest BCUT2D eigenvalue weighted by Crippen LogP contribution is -2.34. The molecule has 3 heterocycles. The number of hydrogen-bond donors (Lipinski definition) is 1. The van der Waals surface area contributed by atoms with Crippen LogP contribution in [0.1, 0.15) is 37.4 Å². The fraction of sp³-hybridized carbons (Fsp3) is 0.474. The summed E-state index contributed by atoms with van der Waals surface area (Å²) < 4.78 is 20.5. The van der Waals surface area contributed by atoms with E-state index in [-0.39, 0.29) is 17.8 Å². The van der Waals surface area contributed by atoms with Gasteiger partial charge in [0.1, 0.15) is 5.82 Å². The first kappa shape index (κ1) is 16.3. The van der Waals surface area contributed by atoms with Gasteiger partial charge in [-0.05, 0) is 30.9 Å². The number of nitrogens with one attached hydrogen (secondary N) is 1. The number of ether oxygens (including phenoxy) is 1. The molecule has 0 bridgehead atoms. The van der Waals surface area contributed by atoms with E-state index in [1.54, 1.807) is 18.5 Å². The summed E-state index contributed by atoms with van der Waals surface area (Å²) in [5.74, 6) is 0.367. The molecule has 0 unspecified atom stereocenters. The van der Waals surface area contributed by atoms with E-state index < -0.39 is 0 Å². The van der Waals surface area contributed by atoms with Gasteiger partial charge in [0.2, 0.25) is 5.91 Å². The Kier molecular flexibility index (Phi) is 4.53. The van der Waals surface area contributed by atoms with Gasteiger partial charge in [-0.25, -0.2) is 4.39 Å². The van der Waals surface area contributed by atoms with Crippen molar-refractivity contribution in [2.24, 2.45) is 5.92 Å². The van der Waals surface area contributed by atoms with Gasteiger partial charge >= 0.3 is 0 Å². The summed E-state index contributed by atoms with van der Waals surface area (Å²) in [5, 5.41) is 6.63. The molecular formula is C19H22FN3O2. The summed E-state index contributed by atoms with van der Waals surface area (Å²) >= 11 is 0. The Morgan fingerprint density at radius 3 is 2.88 bits per heavy atom. The van der Waals surface area contributed by atoms with Crippen molar-refractivity contribution in [3.8, 4) is 11.1 Å². The molecule has 1 aromatic heterocycles. The highest BCUT2D eigenvalue weighted by atomic mass is 19.1. The number of halogens is 1. The smallest absolute Gasteiger partial charge is 0.222 e. The molecule has 6 heteroatoms. The van der Waals surface area contributed by atoms with Crippen LogP contribution in [0, 0.1) is 11.7 Å². The molecule has 2 aromatic rings. The van der Waals surface area contributed by atoms with E-state index in [4.69, 9.17) is 4.74 Å². The van der Waals surface area contributed by atoms with Crippen LogP contribution in [0.25, 0.3) is 11.1 Å². The van der Waals surface area contributed by atoms with Crippen molar-refractivity contribution in [3.05, 3.63) is 42.0 Å². The highest BCUT2D eigenvalue weighted by molar-refractivity contribution is 5.78. The molecule has 2 aliphatic heterocycles. The number of aromatic nitrogens is 2. The van der Waals surface area contributed by atoms with Crippen molar-refractivity contribution < 1.29 is 13.9 Å². The van der Waals surface area contributed by atoms with E-state index in [9.17, 15) is 9.18 Å². The fourth-order valence-corrected chi connectivity index (χ4v) is 3.78. The van der Waals surface area contributed by atoms with Gasteiger partial charge in [0, 0.05) is 42.8 Å². The van der Waals surface area contributed by atoms with E-state index in [1.807, 2.05) is 17.0 Å². The lowest BCUT2D eigenvalue weighted by Gasteiger charge is -2.32. The molecule has 132 valence electrons. The molecule has 2 aliphatic rings. The van der Waals surface area contributed by atoms with Gasteiger partial charge in [-0.3, -0.25) is 9.89 Å². The predicted molar refractivity (Wildman–Crippen MR) is 91.2 cm³/mol. The van der Waals surface area contributed by atoms with Crippen molar-refractivity contribution >= 4 is 5.91 Å². The van der Waals surface area contributed by atoms with Gasteiger partial charge in [0.05, 0.1) is 18.9 Å². The van der Waals surface area contributed by atoms with Crippen molar-refractivity contribution in [2.75, 3.05) is 19.7 Å². The van der Waals surface area contributed by atoms with Crippen LogP contribution in [0.3, 0.4) is 0 Å². The molecule has 1 aromatic carbocycles. The number of nitrogens with zero attached hydrogens (tertiary/aromatic N) is 2. The fourth-order valence-electron chi connectivity index (χ4n) is 3.78. The molecule has 0 aliphatic carbocycles. The van der Waals surface area contributed by atoms with E-state index >= 15 is 0 Å².